The van der Waals surface area contributed by atoms with E-state index in [1.165, 1.54) is 10.9 Å². The van der Waals surface area contributed by atoms with Crippen molar-refractivity contribution < 1.29 is 14.8 Å². The molecule has 0 aliphatic carbocycles. The van der Waals surface area contributed by atoms with Crippen LogP contribution in [0.25, 0.3) is 0 Å². The molecule has 86 valence electrons. The Morgan fingerprint density at radius 2 is 2.44 bits per heavy atom. The molecule has 1 aromatic heterocycles. The van der Waals surface area contributed by atoms with Gasteiger partial charge >= 0.3 is 11.8 Å². The van der Waals surface area contributed by atoms with Crippen LogP contribution in [0.4, 0.5) is 5.82 Å². The predicted octanol–water partition coefficient (Wildman–Crippen LogP) is 1.58. The van der Waals surface area contributed by atoms with Gasteiger partial charge in [0.25, 0.3) is 0 Å². The second-order valence-corrected chi connectivity index (χ2v) is 3.94. The van der Waals surface area contributed by atoms with Crippen molar-refractivity contribution in [2.45, 2.75) is 13.5 Å². The maximum Gasteiger partial charge on any atom is 0.404 e. The fourth-order valence-corrected chi connectivity index (χ4v) is 1.56. The van der Waals surface area contributed by atoms with Crippen molar-refractivity contribution >= 4 is 27.7 Å². The predicted molar refractivity (Wildman–Crippen MR) is 58.0 cm³/mol. The minimum absolute atomic E-state index is 0.193. The van der Waals surface area contributed by atoms with Crippen LogP contribution in [0.5, 0.6) is 0 Å². The third-order valence-corrected chi connectivity index (χ3v) is 2.21. The summed E-state index contributed by atoms with van der Waals surface area (Å²) in [5, 5.41) is 22.7. The Labute approximate surface area is 98.7 Å². The summed E-state index contributed by atoms with van der Waals surface area (Å²) in [6.45, 7) is 1.80. The van der Waals surface area contributed by atoms with Gasteiger partial charge in [-0.15, -0.1) is 0 Å². The summed E-state index contributed by atoms with van der Waals surface area (Å²) >= 11 is 3.00. The van der Waals surface area contributed by atoms with E-state index in [1.54, 1.807) is 6.92 Å². The van der Waals surface area contributed by atoms with E-state index in [0.29, 0.717) is 5.57 Å². The number of carbonyl (C=O) groups is 1. The lowest BCUT2D eigenvalue weighted by atomic mass is 10.3. The number of aromatic nitrogens is 2. The minimum atomic E-state index is -1.06. The van der Waals surface area contributed by atoms with Crippen molar-refractivity contribution in [1.82, 2.24) is 9.78 Å². The normalized spacial score (nSPS) is 11.5. The number of nitrogens with zero attached hydrogens (tertiary/aromatic N) is 3. The zero-order valence-corrected chi connectivity index (χ0v) is 9.84. The van der Waals surface area contributed by atoms with Gasteiger partial charge in [-0.1, -0.05) is 0 Å². The molecular weight excluding hydrogens is 282 g/mol. The lowest BCUT2D eigenvalue weighted by molar-refractivity contribution is -0.390. The molecule has 1 aromatic rings. The zero-order chi connectivity index (χ0) is 12.3. The number of aliphatic carboxylic acids is 1. The Balaban J connectivity index is 2.87. The molecule has 0 bridgehead atoms. The number of rotatable bonds is 4. The average molecular weight is 290 g/mol. The Bertz CT molecular complexity index is 466. The Morgan fingerprint density at radius 1 is 1.81 bits per heavy atom. The highest BCUT2D eigenvalue weighted by molar-refractivity contribution is 9.10. The number of hydrogen-bond acceptors (Lipinski definition) is 4. The van der Waals surface area contributed by atoms with Crippen LogP contribution in [0.3, 0.4) is 0 Å². The fraction of sp³-hybridized carbons (Fsp3) is 0.250. The first-order valence-electron chi connectivity index (χ1n) is 4.17. The SMILES string of the molecule is CC(=CC(=O)O)Cn1cc(Br)c([N+](=O)[O-])n1. The van der Waals surface area contributed by atoms with Crippen LogP contribution in [-0.4, -0.2) is 25.8 Å². The van der Waals surface area contributed by atoms with Crippen molar-refractivity contribution in [1.29, 1.82) is 0 Å². The largest absolute Gasteiger partial charge is 0.478 e. The summed E-state index contributed by atoms with van der Waals surface area (Å²) in [6, 6.07) is 0. The van der Waals surface area contributed by atoms with Crippen LogP contribution in [0.15, 0.2) is 22.3 Å². The number of carboxylic acids is 1. The van der Waals surface area contributed by atoms with Gasteiger partial charge in [0.1, 0.15) is 4.47 Å². The molecule has 0 amide bonds. The first-order valence-corrected chi connectivity index (χ1v) is 4.97. The highest BCUT2D eigenvalue weighted by Gasteiger charge is 2.18. The molecule has 0 atom stereocenters. The highest BCUT2D eigenvalue weighted by atomic mass is 79.9. The van der Waals surface area contributed by atoms with E-state index >= 15 is 0 Å². The summed E-state index contributed by atoms with van der Waals surface area (Å²) in [4.78, 5) is 20.2. The van der Waals surface area contributed by atoms with Gasteiger partial charge in [-0.3, -0.25) is 0 Å². The molecule has 1 N–H and O–H groups in total. The molecule has 0 aliphatic rings. The molecule has 1 heterocycles. The number of allylic oxidation sites excluding steroid dienone is 1. The molecule has 7 nitrogen and oxygen atoms in total. The molecule has 16 heavy (non-hydrogen) atoms. The van der Waals surface area contributed by atoms with Gasteiger partial charge in [0.15, 0.2) is 0 Å². The smallest absolute Gasteiger partial charge is 0.404 e. The van der Waals surface area contributed by atoms with E-state index in [0.717, 1.165) is 6.08 Å². The molecule has 1 rings (SSSR count). The summed E-state index contributed by atoms with van der Waals surface area (Å²) in [5.41, 5.74) is 0.539. The first kappa shape index (κ1) is 12.4. The van der Waals surface area contributed by atoms with E-state index in [9.17, 15) is 14.9 Å². The lowest BCUT2D eigenvalue weighted by Gasteiger charge is -1.95. The maximum atomic E-state index is 10.5. The number of carboxylic acid groups (broad SMARTS) is 1. The second kappa shape index (κ2) is 4.88. The van der Waals surface area contributed by atoms with Crippen LogP contribution in [0.2, 0.25) is 0 Å². The van der Waals surface area contributed by atoms with Crippen molar-refractivity contribution in [3.8, 4) is 0 Å². The molecule has 0 saturated carbocycles. The van der Waals surface area contributed by atoms with Crippen LogP contribution in [-0.2, 0) is 11.3 Å². The third-order valence-electron chi connectivity index (χ3n) is 1.65. The molecule has 0 aromatic carbocycles. The van der Waals surface area contributed by atoms with Gasteiger partial charge in [0.2, 0.25) is 0 Å². The van der Waals surface area contributed by atoms with Gasteiger partial charge in [-0.05, 0) is 33.4 Å². The Kier molecular flexibility index (Phi) is 3.78. The van der Waals surface area contributed by atoms with E-state index < -0.39 is 10.9 Å². The first-order chi connectivity index (χ1) is 7.40. The molecule has 8 heteroatoms. The number of hydrogen-bond donors (Lipinski definition) is 1. The van der Waals surface area contributed by atoms with E-state index in [4.69, 9.17) is 5.11 Å². The quantitative estimate of drug-likeness (QED) is 0.515. The topological polar surface area (TPSA) is 98.3 Å². The Morgan fingerprint density at radius 3 is 2.88 bits per heavy atom. The van der Waals surface area contributed by atoms with Crippen molar-refractivity contribution in [2.75, 3.05) is 0 Å². The van der Waals surface area contributed by atoms with Crippen molar-refractivity contribution in [3.05, 3.63) is 32.4 Å². The van der Waals surface area contributed by atoms with Crippen LogP contribution in [0, 0.1) is 10.1 Å². The molecule has 0 unspecified atom stereocenters. The summed E-state index contributed by atoms with van der Waals surface area (Å²) in [5.74, 6) is -1.35. The van der Waals surface area contributed by atoms with Gasteiger partial charge in [-0.2, -0.15) is 4.68 Å². The third kappa shape index (κ3) is 3.16. The maximum absolute atomic E-state index is 10.5. The molecular formula is C8H8BrN3O4. The standard InChI is InChI=1S/C8H8BrN3O4/c1-5(2-7(13)14)3-11-4-6(9)8(10-11)12(15)16/h2,4H,3H2,1H3,(H,13,14). The lowest BCUT2D eigenvalue weighted by Crippen LogP contribution is -2.02. The molecule has 0 aliphatic heterocycles. The van der Waals surface area contributed by atoms with Crippen LogP contribution < -0.4 is 0 Å². The number of nitro groups is 1. The molecule has 0 radical (unpaired) electrons. The summed E-state index contributed by atoms with van der Waals surface area (Å²) in [7, 11) is 0. The van der Waals surface area contributed by atoms with Crippen LogP contribution >= 0.6 is 15.9 Å². The zero-order valence-electron chi connectivity index (χ0n) is 8.25. The molecule has 0 fully saturated rings. The highest BCUT2D eigenvalue weighted by Crippen LogP contribution is 2.22. The minimum Gasteiger partial charge on any atom is -0.478 e. The van der Waals surface area contributed by atoms with Gasteiger partial charge in [0, 0.05) is 6.08 Å². The van der Waals surface area contributed by atoms with Crippen LogP contribution in [0.1, 0.15) is 6.92 Å². The summed E-state index contributed by atoms with van der Waals surface area (Å²) < 4.78 is 1.57. The summed E-state index contributed by atoms with van der Waals surface area (Å²) in [6.07, 6.45) is 2.46. The second-order valence-electron chi connectivity index (χ2n) is 3.08. The fourth-order valence-electron chi connectivity index (χ4n) is 1.10. The van der Waals surface area contributed by atoms with E-state index in [1.807, 2.05) is 0 Å². The monoisotopic (exact) mass is 289 g/mol. The van der Waals surface area contributed by atoms with Crippen molar-refractivity contribution in [3.63, 3.8) is 0 Å². The van der Waals surface area contributed by atoms with E-state index in [2.05, 4.69) is 21.0 Å². The van der Waals surface area contributed by atoms with E-state index in [-0.39, 0.29) is 16.8 Å². The van der Waals surface area contributed by atoms with Gasteiger partial charge < -0.3 is 15.2 Å². The Hall–Kier alpha value is -1.70. The average Bonchev–Trinajstić information content (AvgIpc) is 2.44. The molecule has 0 spiro atoms. The van der Waals surface area contributed by atoms with Crippen molar-refractivity contribution in [2.24, 2.45) is 0 Å². The van der Waals surface area contributed by atoms with Gasteiger partial charge in [-0.25, -0.2) is 4.79 Å². The van der Waals surface area contributed by atoms with Gasteiger partial charge in [0.05, 0.1) is 17.8 Å². The molecule has 0 saturated heterocycles. The number of halogens is 1.